The molecule has 0 unspecified atom stereocenters. The first-order valence-corrected chi connectivity index (χ1v) is 5.49. The van der Waals surface area contributed by atoms with Crippen molar-refractivity contribution in [2.24, 2.45) is 16.7 Å². The van der Waals surface area contributed by atoms with Crippen molar-refractivity contribution in [3.05, 3.63) is 0 Å². The van der Waals surface area contributed by atoms with E-state index in [-0.39, 0.29) is 28.8 Å². The average molecular weight is 210 g/mol. The number of Topliss-reactive ketones (excluding diaryl/α,β-unsaturated/α-hetero) is 1. The van der Waals surface area contributed by atoms with Gasteiger partial charge in [-0.25, -0.2) is 0 Å². The van der Waals surface area contributed by atoms with Crippen LogP contribution >= 0.6 is 0 Å². The van der Waals surface area contributed by atoms with E-state index in [1.54, 1.807) is 0 Å². The molecule has 2 bridgehead atoms. The lowest BCUT2D eigenvalue weighted by Gasteiger charge is -2.37. The maximum Gasteiger partial charge on any atom is 0.302 e. The van der Waals surface area contributed by atoms with Gasteiger partial charge in [-0.2, -0.15) is 0 Å². The van der Waals surface area contributed by atoms with Crippen LogP contribution in [0.15, 0.2) is 0 Å². The van der Waals surface area contributed by atoms with Gasteiger partial charge in [0.2, 0.25) is 0 Å². The van der Waals surface area contributed by atoms with E-state index in [2.05, 4.69) is 20.8 Å². The predicted octanol–water partition coefficient (Wildman–Crippen LogP) is 1.94. The number of hydrogen-bond donors (Lipinski definition) is 0. The highest BCUT2D eigenvalue weighted by Crippen LogP contribution is 2.64. The smallest absolute Gasteiger partial charge is 0.302 e. The molecule has 2 saturated carbocycles. The van der Waals surface area contributed by atoms with Gasteiger partial charge in [-0.3, -0.25) is 9.59 Å². The van der Waals surface area contributed by atoms with Crippen LogP contribution < -0.4 is 0 Å². The molecule has 0 amide bonds. The molecule has 0 aromatic carbocycles. The van der Waals surface area contributed by atoms with E-state index in [0.717, 1.165) is 0 Å². The molecule has 15 heavy (non-hydrogen) atoms. The second-order valence-electron chi connectivity index (χ2n) is 5.67. The van der Waals surface area contributed by atoms with Crippen LogP contribution in [0.25, 0.3) is 0 Å². The fourth-order valence-electron chi connectivity index (χ4n) is 3.32. The van der Waals surface area contributed by atoms with Crippen LogP contribution in [0.5, 0.6) is 0 Å². The van der Waals surface area contributed by atoms with E-state index in [1.165, 1.54) is 6.92 Å². The first-order valence-electron chi connectivity index (χ1n) is 5.49. The third-order valence-electron chi connectivity index (χ3n) is 4.74. The van der Waals surface area contributed by atoms with E-state index < -0.39 is 0 Å². The number of carbonyl (C=O) groups excluding carboxylic acids is 2. The third-order valence-corrected chi connectivity index (χ3v) is 4.74. The summed E-state index contributed by atoms with van der Waals surface area (Å²) in [4.78, 5) is 22.8. The Morgan fingerprint density at radius 3 is 2.33 bits per heavy atom. The molecule has 2 aliphatic carbocycles. The Balaban J connectivity index is 2.30. The summed E-state index contributed by atoms with van der Waals surface area (Å²) in [6, 6.07) is 0. The van der Waals surface area contributed by atoms with E-state index in [4.69, 9.17) is 4.74 Å². The standard InChI is InChI=1S/C12H18O3/c1-7(13)15-10-5-8-9(14)6-12(10,4)11(8,2)3/h8,10H,5-6H2,1-4H3/t8-,10+,12-/m0/s1. The molecule has 2 fully saturated rings. The number of carbonyl (C=O) groups is 2. The summed E-state index contributed by atoms with van der Waals surface area (Å²) in [7, 11) is 0. The van der Waals surface area contributed by atoms with Crippen molar-refractivity contribution in [2.75, 3.05) is 0 Å². The van der Waals surface area contributed by atoms with Gasteiger partial charge in [0.05, 0.1) is 0 Å². The van der Waals surface area contributed by atoms with Gasteiger partial charge in [0.25, 0.3) is 0 Å². The molecule has 0 radical (unpaired) electrons. The molecule has 3 heteroatoms. The minimum absolute atomic E-state index is 0.0375. The van der Waals surface area contributed by atoms with Crippen LogP contribution in [0.2, 0.25) is 0 Å². The summed E-state index contributed by atoms with van der Waals surface area (Å²) in [5.41, 5.74) is -0.204. The summed E-state index contributed by atoms with van der Waals surface area (Å²) in [6.07, 6.45) is 1.19. The Morgan fingerprint density at radius 2 is 2.00 bits per heavy atom. The number of ether oxygens (including phenoxy) is 1. The molecule has 3 atom stereocenters. The maximum atomic E-state index is 11.7. The molecule has 0 aromatic heterocycles. The molecule has 0 spiro atoms. The zero-order chi connectivity index (χ0) is 11.4. The molecular weight excluding hydrogens is 192 g/mol. The second kappa shape index (κ2) is 2.83. The van der Waals surface area contributed by atoms with E-state index in [1.807, 2.05) is 0 Å². The van der Waals surface area contributed by atoms with Crippen LogP contribution in [0.3, 0.4) is 0 Å². The molecule has 0 heterocycles. The first kappa shape index (κ1) is 10.7. The summed E-state index contributed by atoms with van der Waals surface area (Å²) in [5, 5.41) is 0. The van der Waals surface area contributed by atoms with Crippen molar-refractivity contribution >= 4 is 11.8 Å². The van der Waals surface area contributed by atoms with E-state index in [9.17, 15) is 9.59 Å². The second-order valence-corrected chi connectivity index (χ2v) is 5.67. The highest BCUT2D eigenvalue weighted by atomic mass is 16.5. The van der Waals surface area contributed by atoms with Gasteiger partial charge in [0, 0.05) is 24.7 Å². The normalized spacial score (nSPS) is 42.0. The Labute approximate surface area is 90.2 Å². The van der Waals surface area contributed by atoms with Crippen molar-refractivity contribution in [3.63, 3.8) is 0 Å². The molecule has 0 N–H and O–H groups in total. The topological polar surface area (TPSA) is 43.4 Å². The van der Waals surface area contributed by atoms with E-state index in [0.29, 0.717) is 18.6 Å². The zero-order valence-corrected chi connectivity index (χ0v) is 9.79. The Bertz CT molecular complexity index is 332. The molecular formula is C12H18O3. The number of hydrogen-bond acceptors (Lipinski definition) is 3. The van der Waals surface area contributed by atoms with Crippen molar-refractivity contribution in [1.82, 2.24) is 0 Å². The fourth-order valence-corrected chi connectivity index (χ4v) is 3.32. The average Bonchev–Trinajstić information content (AvgIpc) is 2.33. The molecule has 0 aliphatic heterocycles. The van der Waals surface area contributed by atoms with Gasteiger partial charge in [0.15, 0.2) is 0 Å². The number of ketones is 1. The summed E-state index contributed by atoms with van der Waals surface area (Å²) in [5.74, 6) is 0.176. The monoisotopic (exact) mass is 210 g/mol. The number of esters is 1. The van der Waals surface area contributed by atoms with Crippen molar-refractivity contribution in [2.45, 2.75) is 46.6 Å². The molecule has 0 aromatic rings. The Morgan fingerprint density at radius 1 is 1.40 bits per heavy atom. The van der Waals surface area contributed by atoms with E-state index >= 15 is 0 Å². The first-order chi connectivity index (χ1) is 6.79. The largest absolute Gasteiger partial charge is 0.462 e. The molecule has 0 saturated heterocycles. The Hall–Kier alpha value is -0.860. The van der Waals surface area contributed by atoms with Crippen LogP contribution in [0.1, 0.15) is 40.5 Å². The number of rotatable bonds is 1. The highest BCUT2D eigenvalue weighted by Gasteiger charge is 2.66. The summed E-state index contributed by atoms with van der Waals surface area (Å²) in [6.45, 7) is 7.74. The van der Waals surface area contributed by atoms with Crippen LogP contribution in [-0.4, -0.2) is 17.9 Å². The highest BCUT2D eigenvalue weighted by molar-refractivity contribution is 5.87. The summed E-state index contributed by atoms with van der Waals surface area (Å²) < 4.78 is 5.34. The lowest BCUT2D eigenvalue weighted by Crippen LogP contribution is -2.38. The van der Waals surface area contributed by atoms with Crippen molar-refractivity contribution < 1.29 is 14.3 Å². The minimum Gasteiger partial charge on any atom is -0.462 e. The van der Waals surface area contributed by atoms with Crippen molar-refractivity contribution in [3.8, 4) is 0 Å². The van der Waals surface area contributed by atoms with Crippen molar-refractivity contribution in [1.29, 1.82) is 0 Å². The SMILES string of the molecule is CC(=O)O[C@@H]1C[C@H]2C(=O)C[C@]1(C)C2(C)C. The fraction of sp³-hybridized carbons (Fsp3) is 0.833. The summed E-state index contributed by atoms with van der Waals surface area (Å²) >= 11 is 0. The molecule has 2 rings (SSSR count). The molecule has 3 nitrogen and oxygen atoms in total. The van der Waals surface area contributed by atoms with Gasteiger partial charge in [-0.15, -0.1) is 0 Å². The van der Waals surface area contributed by atoms with Crippen LogP contribution in [0, 0.1) is 16.7 Å². The van der Waals surface area contributed by atoms with Gasteiger partial charge >= 0.3 is 5.97 Å². The van der Waals surface area contributed by atoms with Gasteiger partial charge in [-0.05, 0) is 11.8 Å². The van der Waals surface area contributed by atoms with Gasteiger partial charge in [0.1, 0.15) is 11.9 Å². The lowest BCUT2D eigenvalue weighted by atomic mass is 9.70. The third kappa shape index (κ3) is 1.18. The molecule has 84 valence electrons. The zero-order valence-electron chi connectivity index (χ0n) is 9.79. The predicted molar refractivity (Wildman–Crippen MR) is 55.2 cm³/mol. The minimum atomic E-state index is -0.239. The number of fused-ring (bicyclic) bond motifs is 2. The molecule has 2 aliphatic rings. The van der Waals surface area contributed by atoms with Crippen LogP contribution in [0.4, 0.5) is 0 Å². The van der Waals surface area contributed by atoms with Gasteiger partial charge in [-0.1, -0.05) is 20.8 Å². The Kier molecular flexibility index (Phi) is 2.01. The van der Waals surface area contributed by atoms with Crippen LogP contribution in [-0.2, 0) is 14.3 Å². The maximum absolute atomic E-state index is 11.7. The quantitative estimate of drug-likeness (QED) is 0.621. The lowest BCUT2D eigenvalue weighted by molar-refractivity contribution is -0.155. The van der Waals surface area contributed by atoms with Gasteiger partial charge < -0.3 is 4.74 Å².